The van der Waals surface area contributed by atoms with E-state index in [0.29, 0.717) is 30.3 Å². The maximum atomic E-state index is 13.0. The van der Waals surface area contributed by atoms with Crippen LogP contribution in [-0.2, 0) is 20.8 Å². The summed E-state index contributed by atoms with van der Waals surface area (Å²) in [6, 6.07) is 14.1. The largest absolute Gasteiger partial charge is 0.489 e. The van der Waals surface area contributed by atoms with E-state index in [1.165, 1.54) is 4.90 Å². The minimum absolute atomic E-state index is 0.0715. The fraction of sp³-hybridized carbons (Fsp3) is 0.320. The molecule has 2 heterocycles. The Hall–Kier alpha value is -3.83. The number of carbonyl (C=O) groups excluding carboxylic acids is 3. The first kappa shape index (κ1) is 22.4. The molecule has 8 nitrogen and oxygen atoms in total. The summed E-state index contributed by atoms with van der Waals surface area (Å²) < 4.78 is 5.77. The van der Waals surface area contributed by atoms with Crippen molar-refractivity contribution in [2.45, 2.75) is 12.5 Å². The molecule has 33 heavy (non-hydrogen) atoms. The molecular formula is C25H26N4O4. The molecule has 1 saturated heterocycles. The number of benzene rings is 2. The Morgan fingerprint density at radius 2 is 1.94 bits per heavy atom. The van der Waals surface area contributed by atoms with Crippen LogP contribution in [0, 0.1) is 17.8 Å². The third kappa shape index (κ3) is 5.51. The van der Waals surface area contributed by atoms with Crippen molar-refractivity contribution < 1.29 is 19.1 Å². The second-order valence-electron chi connectivity index (χ2n) is 8.03. The van der Waals surface area contributed by atoms with Gasteiger partial charge in [-0.1, -0.05) is 42.2 Å². The molecular weight excluding hydrogens is 420 g/mol. The maximum absolute atomic E-state index is 13.0. The third-order valence-electron chi connectivity index (χ3n) is 5.61. The number of hydrogen-bond donors (Lipinski definition) is 3. The van der Waals surface area contributed by atoms with Crippen molar-refractivity contribution in [3.8, 4) is 17.6 Å². The molecule has 2 aromatic rings. The highest BCUT2D eigenvalue weighted by atomic mass is 16.5. The van der Waals surface area contributed by atoms with E-state index in [9.17, 15) is 14.4 Å². The Morgan fingerprint density at radius 1 is 1.15 bits per heavy atom. The predicted octanol–water partition coefficient (Wildman–Crippen LogP) is 0.456. The zero-order valence-electron chi connectivity index (χ0n) is 18.4. The van der Waals surface area contributed by atoms with Crippen LogP contribution in [0.4, 0.5) is 5.69 Å². The summed E-state index contributed by atoms with van der Waals surface area (Å²) in [5.74, 6) is 5.18. The number of fused-ring (bicyclic) bond motifs is 1. The summed E-state index contributed by atoms with van der Waals surface area (Å²) in [5, 5.41) is 8.25. The molecule has 4 rings (SSSR count). The van der Waals surface area contributed by atoms with Crippen molar-refractivity contribution >= 4 is 23.4 Å². The lowest BCUT2D eigenvalue weighted by molar-refractivity contribution is -0.140. The minimum Gasteiger partial charge on any atom is -0.489 e. The molecule has 170 valence electrons. The zero-order chi connectivity index (χ0) is 23.2. The highest BCUT2D eigenvalue weighted by Crippen LogP contribution is 2.31. The van der Waals surface area contributed by atoms with Crippen molar-refractivity contribution in [1.82, 2.24) is 16.0 Å². The molecule has 0 unspecified atom stereocenters. The highest BCUT2D eigenvalue weighted by Gasteiger charge is 2.32. The van der Waals surface area contributed by atoms with Crippen LogP contribution in [0.1, 0.15) is 11.1 Å². The standard InChI is InChI=1S/C25H26N4O4/c1-29-21-13-18(7-8-19-14-26-15-19)9-10-22(21)33-16-20(25(29)32)28-24(31)23(30)27-12-11-17-5-3-2-4-6-17/h2-6,9-10,13,19-20,26H,11-12,14-16H2,1H3,(H,27,30)(H,28,31)/t20-/m0/s1. The Labute approximate surface area is 192 Å². The summed E-state index contributed by atoms with van der Waals surface area (Å²) >= 11 is 0. The number of anilines is 1. The monoisotopic (exact) mass is 446 g/mol. The van der Waals surface area contributed by atoms with Gasteiger partial charge < -0.3 is 25.6 Å². The quantitative estimate of drug-likeness (QED) is 0.468. The molecule has 1 atom stereocenters. The summed E-state index contributed by atoms with van der Waals surface area (Å²) in [4.78, 5) is 38.9. The topological polar surface area (TPSA) is 99.8 Å². The highest BCUT2D eigenvalue weighted by molar-refractivity contribution is 6.35. The SMILES string of the molecule is CN1C(=O)[C@@H](NC(=O)C(=O)NCCc2ccccc2)COc2ccc(C#CC3CNC3)cc21. The van der Waals surface area contributed by atoms with Gasteiger partial charge in [-0.3, -0.25) is 14.4 Å². The van der Waals surface area contributed by atoms with Gasteiger partial charge in [0.1, 0.15) is 18.4 Å². The van der Waals surface area contributed by atoms with Gasteiger partial charge in [0.15, 0.2) is 0 Å². The fourth-order valence-electron chi connectivity index (χ4n) is 3.52. The average molecular weight is 447 g/mol. The lowest BCUT2D eigenvalue weighted by Crippen LogP contribution is -2.53. The van der Waals surface area contributed by atoms with Gasteiger partial charge in [-0.15, -0.1) is 0 Å². The molecule has 0 aliphatic carbocycles. The van der Waals surface area contributed by atoms with Gasteiger partial charge in [0.25, 0.3) is 5.91 Å². The zero-order valence-corrected chi connectivity index (χ0v) is 18.4. The number of nitrogens with one attached hydrogen (secondary N) is 3. The molecule has 3 N–H and O–H groups in total. The van der Waals surface area contributed by atoms with Crippen LogP contribution in [0.15, 0.2) is 48.5 Å². The van der Waals surface area contributed by atoms with E-state index >= 15 is 0 Å². The molecule has 0 radical (unpaired) electrons. The van der Waals surface area contributed by atoms with Crippen LogP contribution in [0.2, 0.25) is 0 Å². The van der Waals surface area contributed by atoms with Gasteiger partial charge in [-0.25, -0.2) is 0 Å². The average Bonchev–Trinajstić information content (AvgIpc) is 2.91. The van der Waals surface area contributed by atoms with E-state index in [-0.39, 0.29) is 12.5 Å². The van der Waals surface area contributed by atoms with Gasteiger partial charge in [-0.05, 0) is 30.2 Å². The van der Waals surface area contributed by atoms with Gasteiger partial charge >= 0.3 is 11.8 Å². The van der Waals surface area contributed by atoms with E-state index in [1.807, 2.05) is 36.4 Å². The van der Waals surface area contributed by atoms with E-state index in [0.717, 1.165) is 24.2 Å². The van der Waals surface area contributed by atoms with Crippen LogP contribution < -0.4 is 25.6 Å². The molecule has 0 spiro atoms. The van der Waals surface area contributed by atoms with E-state index in [4.69, 9.17) is 4.74 Å². The summed E-state index contributed by atoms with van der Waals surface area (Å²) in [7, 11) is 1.61. The Kier molecular flexibility index (Phi) is 6.91. The van der Waals surface area contributed by atoms with Crippen LogP contribution in [0.3, 0.4) is 0 Å². The minimum atomic E-state index is -0.981. The maximum Gasteiger partial charge on any atom is 0.310 e. The Balaban J connectivity index is 1.35. The van der Waals surface area contributed by atoms with Crippen LogP contribution in [-0.4, -0.2) is 57.1 Å². The van der Waals surface area contributed by atoms with Crippen molar-refractivity contribution in [2.24, 2.45) is 5.92 Å². The van der Waals surface area contributed by atoms with E-state index in [2.05, 4.69) is 27.8 Å². The summed E-state index contributed by atoms with van der Waals surface area (Å²) in [6.07, 6.45) is 0.603. The molecule has 0 aromatic heterocycles. The number of likely N-dealkylation sites (N-methyl/N-ethyl adjacent to an activating group) is 1. The van der Waals surface area contributed by atoms with Crippen molar-refractivity contribution in [3.05, 3.63) is 59.7 Å². The Bertz CT molecular complexity index is 1100. The number of nitrogens with zero attached hydrogens (tertiary/aromatic N) is 1. The normalized spacial score (nSPS) is 17.4. The molecule has 8 heteroatoms. The fourth-order valence-corrected chi connectivity index (χ4v) is 3.52. The second-order valence-corrected chi connectivity index (χ2v) is 8.03. The van der Waals surface area contributed by atoms with Crippen molar-refractivity contribution in [1.29, 1.82) is 0 Å². The second kappa shape index (κ2) is 10.2. The van der Waals surface area contributed by atoms with Gasteiger partial charge in [0.05, 0.1) is 5.69 Å². The first-order valence-corrected chi connectivity index (χ1v) is 10.9. The van der Waals surface area contributed by atoms with Crippen molar-refractivity contribution in [3.63, 3.8) is 0 Å². The lowest BCUT2D eigenvalue weighted by atomic mass is 10.0. The van der Waals surface area contributed by atoms with Gasteiger partial charge in [-0.2, -0.15) is 0 Å². The number of ether oxygens (including phenoxy) is 1. The molecule has 0 bridgehead atoms. The number of rotatable bonds is 4. The molecule has 1 fully saturated rings. The Morgan fingerprint density at radius 3 is 2.67 bits per heavy atom. The molecule has 2 aliphatic rings. The van der Waals surface area contributed by atoms with E-state index in [1.54, 1.807) is 19.2 Å². The van der Waals surface area contributed by atoms with Crippen molar-refractivity contribution in [2.75, 3.05) is 38.2 Å². The third-order valence-corrected chi connectivity index (χ3v) is 5.61. The summed E-state index contributed by atoms with van der Waals surface area (Å²) in [6.45, 7) is 2.02. The number of amides is 3. The van der Waals surface area contributed by atoms with E-state index < -0.39 is 17.9 Å². The predicted molar refractivity (Wildman–Crippen MR) is 124 cm³/mol. The molecule has 0 saturated carbocycles. The molecule has 2 aromatic carbocycles. The van der Waals surface area contributed by atoms with Crippen LogP contribution in [0.5, 0.6) is 5.75 Å². The molecule has 2 aliphatic heterocycles. The molecule has 3 amide bonds. The van der Waals surface area contributed by atoms with Crippen LogP contribution in [0.25, 0.3) is 0 Å². The first-order valence-electron chi connectivity index (χ1n) is 10.9. The lowest BCUT2D eigenvalue weighted by Gasteiger charge is -2.21. The number of carbonyl (C=O) groups is 3. The van der Waals surface area contributed by atoms with Crippen LogP contribution >= 0.6 is 0 Å². The van der Waals surface area contributed by atoms with Gasteiger partial charge in [0.2, 0.25) is 0 Å². The first-order chi connectivity index (χ1) is 16.0. The summed E-state index contributed by atoms with van der Waals surface area (Å²) in [5.41, 5.74) is 2.41. The number of hydrogen-bond acceptors (Lipinski definition) is 5. The smallest absolute Gasteiger partial charge is 0.310 e. The van der Waals surface area contributed by atoms with Gasteiger partial charge in [0, 0.05) is 38.2 Å².